The minimum absolute atomic E-state index is 0.0140. The van der Waals surface area contributed by atoms with E-state index in [0.29, 0.717) is 5.56 Å². The van der Waals surface area contributed by atoms with Gasteiger partial charge in [-0.1, -0.05) is 0 Å². The molecular weight excluding hydrogens is 276 g/mol. The molecule has 0 saturated carbocycles. The molecule has 116 valence electrons. The summed E-state index contributed by atoms with van der Waals surface area (Å²) in [6.45, 7) is 3.34. The average molecular weight is 297 g/mol. The zero-order valence-corrected chi connectivity index (χ0v) is 12.0. The first-order chi connectivity index (χ1) is 9.93. The number of hydrogen-bond acceptors (Lipinski definition) is 5. The lowest BCUT2D eigenvalue weighted by molar-refractivity contribution is -0.765. The van der Waals surface area contributed by atoms with Gasteiger partial charge in [0.05, 0.1) is 6.61 Å². The Morgan fingerprint density at radius 2 is 2.14 bits per heavy atom. The predicted molar refractivity (Wildman–Crippen MR) is 72.2 cm³/mol. The summed E-state index contributed by atoms with van der Waals surface area (Å²) in [6.07, 6.45) is -0.851. The maximum Gasteiger partial charge on any atom is 0.292 e. The van der Waals surface area contributed by atoms with Gasteiger partial charge in [0.25, 0.3) is 12.1 Å². The Balaban J connectivity index is 2.20. The Bertz CT molecular complexity index is 508. The molecule has 21 heavy (non-hydrogen) atoms. The van der Waals surface area contributed by atoms with Crippen molar-refractivity contribution in [1.82, 2.24) is 5.32 Å². The van der Waals surface area contributed by atoms with E-state index in [0.717, 1.165) is 0 Å². The molecular formula is C14H21N2O5+. The van der Waals surface area contributed by atoms with Crippen LogP contribution in [0.25, 0.3) is 0 Å². The van der Waals surface area contributed by atoms with Crippen molar-refractivity contribution in [2.24, 2.45) is 0 Å². The van der Waals surface area contributed by atoms with Crippen LogP contribution < -0.4 is 9.88 Å². The molecule has 1 aliphatic rings. The Labute approximate surface area is 122 Å². The highest BCUT2D eigenvalue weighted by Gasteiger charge is 2.47. The van der Waals surface area contributed by atoms with Crippen molar-refractivity contribution in [3.63, 3.8) is 0 Å². The maximum atomic E-state index is 12.0. The van der Waals surface area contributed by atoms with Gasteiger partial charge in [0.15, 0.2) is 18.5 Å². The van der Waals surface area contributed by atoms with Crippen molar-refractivity contribution in [1.29, 1.82) is 0 Å². The van der Waals surface area contributed by atoms with E-state index in [1.807, 2.05) is 13.8 Å². The van der Waals surface area contributed by atoms with Gasteiger partial charge in [0.1, 0.15) is 17.8 Å². The van der Waals surface area contributed by atoms with Gasteiger partial charge < -0.3 is 25.4 Å². The van der Waals surface area contributed by atoms with Crippen LogP contribution in [0, 0.1) is 0 Å². The van der Waals surface area contributed by atoms with E-state index < -0.39 is 24.5 Å². The molecule has 1 fully saturated rings. The number of hydrogen-bond donors (Lipinski definition) is 4. The molecule has 0 radical (unpaired) electrons. The van der Waals surface area contributed by atoms with E-state index in [-0.39, 0.29) is 18.6 Å². The van der Waals surface area contributed by atoms with Gasteiger partial charge in [-0.15, -0.1) is 0 Å². The van der Waals surface area contributed by atoms with Crippen LogP contribution in [0.15, 0.2) is 24.5 Å². The highest BCUT2D eigenvalue weighted by atomic mass is 16.6. The molecule has 4 N–H and O–H groups in total. The van der Waals surface area contributed by atoms with Crippen molar-refractivity contribution in [3.8, 4) is 0 Å². The maximum absolute atomic E-state index is 12.0. The number of aliphatic hydroxyl groups excluding tert-OH is 3. The van der Waals surface area contributed by atoms with Crippen LogP contribution in [0.1, 0.15) is 30.4 Å². The average Bonchev–Trinajstić information content (AvgIpc) is 2.74. The topological polar surface area (TPSA) is 103 Å². The number of carbonyl (C=O) groups is 1. The molecule has 0 aromatic carbocycles. The third kappa shape index (κ3) is 3.38. The third-order valence-electron chi connectivity index (χ3n) is 3.32. The summed E-state index contributed by atoms with van der Waals surface area (Å²) in [6, 6.07) is 3.32. The molecule has 2 heterocycles. The van der Waals surface area contributed by atoms with Crippen LogP contribution in [-0.2, 0) is 4.74 Å². The number of aromatic nitrogens is 1. The normalized spacial score (nSPS) is 28.9. The lowest BCUT2D eigenvalue weighted by Crippen LogP contribution is -2.46. The number of carbonyl (C=O) groups excluding carboxylic acids is 1. The van der Waals surface area contributed by atoms with Crippen molar-refractivity contribution >= 4 is 5.91 Å². The van der Waals surface area contributed by atoms with E-state index in [2.05, 4.69) is 5.32 Å². The van der Waals surface area contributed by atoms with Gasteiger partial charge in [-0.3, -0.25) is 4.79 Å². The number of nitrogens with one attached hydrogen (secondary N) is 1. The second-order valence-electron chi connectivity index (χ2n) is 5.40. The number of rotatable bonds is 4. The number of pyridine rings is 1. The van der Waals surface area contributed by atoms with Gasteiger partial charge in [-0.25, -0.2) is 0 Å². The SMILES string of the molecule is CC(C)NC(=O)c1ccc[n+]([C@@H]2O[C@H](CO)[C@@H](O)[C@H]2O)c1. The molecule has 0 spiro atoms. The van der Waals surface area contributed by atoms with E-state index in [1.54, 1.807) is 18.3 Å². The van der Waals surface area contributed by atoms with E-state index in [1.165, 1.54) is 10.8 Å². The Kier molecular flexibility index (Phi) is 4.89. The summed E-state index contributed by atoms with van der Waals surface area (Å²) in [7, 11) is 0. The zero-order chi connectivity index (χ0) is 15.6. The number of nitrogens with zero attached hydrogens (tertiary/aromatic N) is 1. The van der Waals surface area contributed by atoms with E-state index in [9.17, 15) is 15.0 Å². The number of amides is 1. The molecule has 7 heteroatoms. The molecule has 1 saturated heterocycles. The summed E-state index contributed by atoms with van der Waals surface area (Å²) in [5.41, 5.74) is 0.420. The summed E-state index contributed by atoms with van der Waals surface area (Å²) < 4.78 is 6.93. The summed E-state index contributed by atoms with van der Waals surface area (Å²) in [4.78, 5) is 12.0. The number of ether oxygens (including phenoxy) is 1. The van der Waals surface area contributed by atoms with E-state index >= 15 is 0 Å². The standard InChI is InChI=1S/C14H20N2O5/c1-8(2)15-13(20)9-4-3-5-16(6-9)14-12(19)11(18)10(7-17)21-14/h3-6,8,10-12,14,17-19H,7H2,1-2H3/p+1/t10-,11-,12-,14-/m1/s1. The summed E-state index contributed by atoms with van der Waals surface area (Å²) in [5, 5.41) is 31.6. The minimum Gasteiger partial charge on any atom is -0.394 e. The van der Waals surface area contributed by atoms with Crippen molar-refractivity contribution in [2.75, 3.05) is 6.61 Å². The molecule has 1 amide bonds. The summed E-state index contributed by atoms with van der Waals surface area (Å²) >= 11 is 0. The Morgan fingerprint density at radius 3 is 2.71 bits per heavy atom. The molecule has 1 aromatic rings. The molecule has 0 bridgehead atoms. The molecule has 0 unspecified atom stereocenters. The number of aliphatic hydroxyl groups is 3. The van der Waals surface area contributed by atoms with Gasteiger partial charge in [0, 0.05) is 12.1 Å². The molecule has 0 aliphatic carbocycles. The first-order valence-corrected chi connectivity index (χ1v) is 6.88. The molecule has 1 aromatic heterocycles. The summed E-state index contributed by atoms with van der Waals surface area (Å²) in [5.74, 6) is -0.230. The highest BCUT2D eigenvalue weighted by molar-refractivity contribution is 5.93. The van der Waals surface area contributed by atoms with Crippen LogP contribution in [0.5, 0.6) is 0 Å². The third-order valence-corrected chi connectivity index (χ3v) is 3.32. The van der Waals surface area contributed by atoms with Crippen molar-refractivity contribution < 1.29 is 29.4 Å². The van der Waals surface area contributed by atoms with Gasteiger partial charge in [-0.05, 0) is 19.9 Å². The molecule has 7 nitrogen and oxygen atoms in total. The van der Waals surface area contributed by atoms with Gasteiger partial charge in [0.2, 0.25) is 0 Å². The van der Waals surface area contributed by atoms with Crippen LogP contribution in [0.2, 0.25) is 0 Å². The van der Waals surface area contributed by atoms with Gasteiger partial charge in [-0.2, -0.15) is 4.57 Å². The van der Waals surface area contributed by atoms with E-state index in [4.69, 9.17) is 9.84 Å². The molecule has 4 atom stereocenters. The fourth-order valence-electron chi connectivity index (χ4n) is 2.26. The minimum atomic E-state index is -1.17. The fraction of sp³-hybridized carbons (Fsp3) is 0.571. The van der Waals surface area contributed by atoms with Crippen LogP contribution >= 0.6 is 0 Å². The van der Waals surface area contributed by atoms with Gasteiger partial charge >= 0.3 is 0 Å². The Hall–Kier alpha value is -1.54. The zero-order valence-electron chi connectivity index (χ0n) is 12.0. The van der Waals surface area contributed by atoms with Crippen molar-refractivity contribution in [3.05, 3.63) is 30.1 Å². The first-order valence-electron chi connectivity index (χ1n) is 6.88. The first kappa shape index (κ1) is 15.8. The lowest BCUT2D eigenvalue weighted by atomic mass is 10.1. The lowest BCUT2D eigenvalue weighted by Gasteiger charge is -2.11. The fourth-order valence-corrected chi connectivity index (χ4v) is 2.26. The van der Waals surface area contributed by atoms with Crippen LogP contribution in [0.4, 0.5) is 0 Å². The predicted octanol–water partition coefficient (Wildman–Crippen LogP) is -1.28. The molecule has 2 rings (SSSR count). The largest absolute Gasteiger partial charge is 0.394 e. The smallest absolute Gasteiger partial charge is 0.292 e. The second-order valence-corrected chi connectivity index (χ2v) is 5.40. The highest BCUT2D eigenvalue weighted by Crippen LogP contribution is 2.25. The second kappa shape index (κ2) is 6.48. The Morgan fingerprint density at radius 1 is 1.43 bits per heavy atom. The monoisotopic (exact) mass is 297 g/mol. The molecule has 1 aliphatic heterocycles. The van der Waals surface area contributed by atoms with Crippen molar-refractivity contribution in [2.45, 2.75) is 44.4 Å². The van der Waals surface area contributed by atoms with Crippen LogP contribution in [-0.4, -0.2) is 52.2 Å². The van der Waals surface area contributed by atoms with Crippen LogP contribution in [0.3, 0.4) is 0 Å². The quantitative estimate of drug-likeness (QED) is 0.519.